The van der Waals surface area contributed by atoms with Crippen LogP contribution in [0.4, 0.5) is 0 Å². The van der Waals surface area contributed by atoms with Crippen LogP contribution in [-0.4, -0.2) is 26.2 Å². The van der Waals surface area contributed by atoms with Crippen molar-refractivity contribution in [3.63, 3.8) is 0 Å². The Balaban J connectivity index is 1.54. The number of hydrogen-bond donors (Lipinski definition) is 0. The van der Waals surface area contributed by atoms with Gasteiger partial charge in [0, 0.05) is 25.8 Å². The molecule has 1 aliphatic rings. The summed E-state index contributed by atoms with van der Waals surface area (Å²) in [5.41, 5.74) is 5.95. The van der Waals surface area contributed by atoms with Crippen molar-refractivity contribution in [2.75, 3.05) is 6.54 Å². The number of nitrogens with zero attached hydrogens (tertiary/aromatic N) is 4. The van der Waals surface area contributed by atoms with Crippen molar-refractivity contribution in [1.82, 2.24) is 19.7 Å². The van der Waals surface area contributed by atoms with Crippen LogP contribution in [0.5, 0.6) is 0 Å². The lowest BCUT2D eigenvalue weighted by atomic mass is 10.1. The van der Waals surface area contributed by atoms with Crippen molar-refractivity contribution in [3.8, 4) is 11.4 Å². The molecule has 0 amide bonds. The summed E-state index contributed by atoms with van der Waals surface area (Å²) in [4.78, 5) is 6.89. The summed E-state index contributed by atoms with van der Waals surface area (Å²) < 4.78 is 2.12. The Labute approximate surface area is 136 Å². The van der Waals surface area contributed by atoms with Crippen LogP contribution in [0.1, 0.15) is 16.8 Å². The van der Waals surface area contributed by atoms with E-state index in [1.54, 1.807) is 0 Å². The molecule has 0 aliphatic carbocycles. The van der Waals surface area contributed by atoms with Crippen LogP contribution in [0.2, 0.25) is 0 Å². The SMILES string of the molecule is Cc1ccccc1CN1CCn2nc(-c3ccccn3)cc2C1. The van der Waals surface area contributed by atoms with E-state index in [4.69, 9.17) is 5.10 Å². The predicted molar refractivity (Wildman–Crippen MR) is 90.8 cm³/mol. The van der Waals surface area contributed by atoms with Crippen molar-refractivity contribution in [1.29, 1.82) is 0 Å². The smallest absolute Gasteiger partial charge is 0.111 e. The lowest BCUT2D eigenvalue weighted by Gasteiger charge is -2.28. The minimum atomic E-state index is 0.939. The quantitative estimate of drug-likeness (QED) is 0.745. The second-order valence-electron chi connectivity index (χ2n) is 6.10. The third-order valence-corrected chi connectivity index (χ3v) is 4.46. The number of pyridine rings is 1. The third-order valence-electron chi connectivity index (χ3n) is 4.46. The van der Waals surface area contributed by atoms with Crippen molar-refractivity contribution in [2.24, 2.45) is 0 Å². The number of aromatic nitrogens is 3. The normalized spacial score (nSPS) is 14.7. The van der Waals surface area contributed by atoms with Crippen molar-refractivity contribution in [3.05, 3.63) is 71.5 Å². The first-order valence-corrected chi connectivity index (χ1v) is 8.04. The van der Waals surface area contributed by atoms with Gasteiger partial charge in [-0.25, -0.2) is 0 Å². The van der Waals surface area contributed by atoms with Gasteiger partial charge in [-0.05, 0) is 36.2 Å². The maximum absolute atomic E-state index is 4.71. The first-order valence-electron chi connectivity index (χ1n) is 8.04. The molecule has 4 heteroatoms. The molecule has 116 valence electrons. The Morgan fingerprint density at radius 1 is 1.00 bits per heavy atom. The Hall–Kier alpha value is -2.46. The number of rotatable bonds is 3. The highest BCUT2D eigenvalue weighted by molar-refractivity contribution is 5.54. The standard InChI is InChI=1S/C19H20N4/c1-15-6-2-3-7-16(15)13-22-10-11-23-17(14-22)12-19(21-23)18-8-4-5-9-20-18/h2-9,12H,10-11,13-14H2,1H3. The molecule has 0 fully saturated rings. The summed E-state index contributed by atoms with van der Waals surface area (Å²) in [6.45, 7) is 6.09. The molecule has 4 rings (SSSR count). The summed E-state index contributed by atoms with van der Waals surface area (Å²) in [5, 5.41) is 4.71. The molecule has 0 atom stereocenters. The molecule has 3 aromatic rings. The summed E-state index contributed by atoms with van der Waals surface area (Å²) in [7, 11) is 0. The van der Waals surface area contributed by atoms with Crippen LogP contribution in [0.15, 0.2) is 54.7 Å². The molecule has 0 bridgehead atoms. The summed E-state index contributed by atoms with van der Waals surface area (Å²) >= 11 is 0. The molecule has 3 heterocycles. The van der Waals surface area contributed by atoms with E-state index in [0.717, 1.165) is 37.6 Å². The van der Waals surface area contributed by atoms with E-state index in [0.29, 0.717) is 0 Å². The molecule has 0 unspecified atom stereocenters. The zero-order valence-corrected chi connectivity index (χ0v) is 13.3. The van der Waals surface area contributed by atoms with Gasteiger partial charge in [-0.1, -0.05) is 30.3 Å². The summed E-state index contributed by atoms with van der Waals surface area (Å²) in [6.07, 6.45) is 1.82. The zero-order chi connectivity index (χ0) is 15.6. The first kappa shape index (κ1) is 14.2. The molecule has 1 aromatic carbocycles. The van der Waals surface area contributed by atoms with Gasteiger partial charge in [0.25, 0.3) is 0 Å². The molecule has 4 nitrogen and oxygen atoms in total. The number of hydrogen-bond acceptors (Lipinski definition) is 3. The van der Waals surface area contributed by atoms with Crippen LogP contribution in [-0.2, 0) is 19.6 Å². The van der Waals surface area contributed by atoms with Crippen molar-refractivity contribution >= 4 is 0 Å². The van der Waals surface area contributed by atoms with E-state index in [1.807, 2.05) is 24.4 Å². The van der Waals surface area contributed by atoms with Gasteiger partial charge < -0.3 is 0 Å². The second kappa shape index (κ2) is 5.97. The van der Waals surface area contributed by atoms with Crippen LogP contribution >= 0.6 is 0 Å². The molecular weight excluding hydrogens is 284 g/mol. The Morgan fingerprint density at radius 3 is 2.70 bits per heavy atom. The number of fused-ring (bicyclic) bond motifs is 1. The highest BCUT2D eigenvalue weighted by atomic mass is 15.3. The van der Waals surface area contributed by atoms with Crippen molar-refractivity contribution < 1.29 is 0 Å². The second-order valence-corrected chi connectivity index (χ2v) is 6.10. The largest absolute Gasteiger partial charge is 0.291 e. The number of aryl methyl sites for hydroxylation is 1. The van der Waals surface area contributed by atoms with Gasteiger partial charge in [-0.2, -0.15) is 5.10 Å². The lowest BCUT2D eigenvalue weighted by Crippen LogP contribution is -2.33. The monoisotopic (exact) mass is 304 g/mol. The van der Waals surface area contributed by atoms with Gasteiger partial charge in [0.05, 0.1) is 17.9 Å². The average molecular weight is 304 g/mol. The fraction of sp³-hybridized carbons (Fsp3) is 0.263. The molecule has 0 radical (unpaired) electrons. The fourth-order valence-corrected chi connectivity index (χ4v) is 3.12. The van der Waals surface area contributed by atoms with E-state index in [-0.39, 0.29) is 0 Å². The van der Waals surface area contributed by atoms with E-state index in [2.05, 4.69) is 51.8 Å². The average Bonchev–Trinajstić information content (AvgIpc) is 3.01. The van der Waals surface area contributed by atoms with E-state index < -0.39 is 0 Å². The molecule has 0 N–H and O–H groups in total. The highest BCUT2D eigenvalue weighted by Gasteiger charge is 2.19. The Morgan fingerprint density at radius 2 is 1.87 bits per heavy atom. The minimum Gasteiger partial charge on any atom is -0.291 e. The highest BCUT2D eigenvalue weighted by Crippen LogP contribution is 2.22. The predicted octanol–water partition coefficient (Wildman–Crippen LogP) is 3.27. The van der Waals surface area contributed by atoms with E-state index in [9.17, 15) is 0 Å². The number of benzene rings is 1. The van der Waals surface area contributed by atoms with Gasteiger partial charge in [0.2, 0.25) is 0 Å². The van der Waals surface area contributed by atoms with Gasteiger partial charge in [0.1, 0.15) is 5.69 Å². The van der Waals surface area contributed by atoms with Crippen LogP contribution in [0, 0.1) is 6.92 Å². The van der Waals surface area contributed by atoms with E-state index >= 15 is 0 Å². The molecule has 23 heavy (non-hydrogen) atoms. The fourth-order valence-electron chi connectivity index (χ4n) is 3.12. The Bertz CT molecular complexity index is 807. The molecule has 0 saturated carbocycles. The van der Waals surface area contributed by atoms with Crippen molar-refractivity contribution in [2.45, 2.75) is 26.6 Å². The minimum absolute atomic E-state index is 0.939. The van der Waals surface area contributed by atoms with Gasteiger partial charge in [0.15, 0.2) is 0 Å². The van der Waals surface area contributed by atoms with Gasteiger partial charge >= 0.3 is 0 Å². The molecule has 2 aromatic heterocycles. The van der Waals surface area contributed by atoms with Gasteiger partial charge in [-0.3, -0.25) is 14.6 Å². The maximum atomic E-state index is 4.71. The van der Waals surface area contributed by atoms with Crippen LogP contribution in [0.3, 0.4) is 0 Å². The molecule has 0 saturated heterocycles. The van der Waals surface area contributed by atoms with Crippen LogP contribution < -0.4 is 0 Å². The topological polar surface area (TPSA) is 34.0 Å². The molecule has 1 aliphatic heterocycles. The lowest BCUT2D eigenvalue weighted by molar-refractivity contribution is 0.205. The molecular formula is C19H20N4. The third kappa shape index (κ3) is 2.90. The maximum Gasteiger partial charge on any atom is 0.111 e. The molecule has 0 spiro atoms. The Kier molecular flexibility index (Phi) is 3.67. The van der Waals surface area contributed by atoms with Gasteiger partial charge in [-0.15, -0.1) is 0 Å². The summed E-state index contributed by atoms with van der Waals surface area (Å²) in [6, 6.07) is 16.8. The first-order chi connectivity index (χ1) is 11.3. The zero-order valence-electron chi connectivity index (χ0n) is 13.3. The van der Waals surface area contributed by atoms with E-state index in [1.165, 1.54) is 16.8 Å². The van der Waals surface area contributed by atoms with Crippen LogP contribution in [0.25, 0.3) is 11.4 Å². The summed E-state index contributed by atoms with van der Waals surface area (Å²) in [5.74, 6) is 0.